The van der Waals surface area contributed by atoms with Crippen molar-refractivity contribution in [2.24, 2.45) is 0 Å². The fourth-order valence-electron chi connectivity index (χ4n) is 4.63. The van der Waals surface area contributed by atoms with Gasteiger partial charge in [0.1, 0.15) is 11.9 Å². The Labute approximate surface area is 225 Å². The standard InChI is InChI=1S/C28H23ClN4O4S/c1-3-32-24-16-22(29)21(17-30)15-23(24)31(2)27(32)10-7-11-28-33(18-38(34,35)36)25-14-20(12-13-26(25)37-28)19-8-5-4-6-9-19/h4-16H,3,18H2,1-2H3/p+1. The molecule has 8 nitrogen and oxygen atoms in total. The zero-order chi connectivity index (χ0) is 27.0. The number of fused-ring (bicyclic) bond motifs is 2. The summed E-state index contributed by atoms with van der Waals surface area (Å²) in [7, 11) is -2.45. The number of benzene rings is 3. The molecule has 0 radical (unpaired) electrons. The molecule has 1 aliphatic heterocycles. The smallest absolute Gasteiger partial charge is 0.375 e. The zero-order valence-electron chi connectivity index (χ0n) is 20.7. The number of hydrogen-bond donors (Lipinski definition) is 1. The molecule has 3 aromatic carbocycles. The molecular formula is C28H24ClN4O4S+. The molecule has 0 saturated carbocycles. The first-order valence-corrected chi connectivity index (χ1v) is 13.8. The van der Waals surface area contributed by atoms with E-state index in [1.165, 1.54) is 4.57 Å². The number of rotatable bonds is 6. The third kappa shape index (κ3) is 4.77. The number of aromatic nitrogens is 1. The summed E-state index contributed by atoms with van der Waals surface area (Å²) in [6.45, 7) is 2.67. The van der Waals surface area contributed by atoms with Gasteiger partial charge in [-0.05, 0) is 48.4 Å². The Morgan fingerprint density at radius 3 is 2.55 bits per heavy atom. The van der Waals surface area contributed by atoms with Crippen molar-refractivity contribution in [1.29, 1.82) is 5.26 Å². The molecule has 5 rings (SSSR count). The number of nitrogens with zero attached hydrogens (tertiary/aromatic N) is 4. The molecular weight excluding hydrogens is 524 g/mol. The second-order valence-corrected chi connectivity index (χ2v) is 10.6. The normalized spacial score (nSPS) is 14.6. The Bertz CT molecular complexity index is 1760. The molecule has 0 aliphatic carbocycles. The maximum atomic E-state index is 11.9. The molecule has 10 heteroatoms. The van der Waals surface area contributed by atoms with Crippen LogP contribution in [0.4, 0.5) is 11.4 Å². The van der Waals surface area contributed by atoms with Crippen LogP contribution in [0.1, 0.15) is 18.4 Å². The van der Waals surface area contributed by atoms with Gasteiger partial charge >= 0.3 is 16.0 Å². The van der Waals surface area contributed by atoms with E-state index in [1.54, 1.807) is 30.4 Å². The molecule has 2 heterocycles. The highest BCUT2D eigenvalue weighted by Gasteiger charge is 2.29. The van der Waals surface area contributed by atoms with Crippen LogP contribution in [0, 0.1) is 11.3 Å². The van der Waals surface area contributed by atoms with Crippen LogP contribution in [0.25, 0.3) is 28.3 Å². The lowest BCUT2D eigenvalue weighted by Gasteiger charge is -2.20. The molecule has 0 atom stereocenters. The van der Waals surface area contributed by atoms with Gasteiger partial charge in [0.25, 0.3) is 11.4 Å². The lowest BCUT2D eigenvalue weighted by Crippen LogP contribution is -2.39. The van der Waals surface area contributed by atoms with E-state index in [9.17, 15) is 18.2 Å². The van der Waals surface area contributed by atoms with Crippen LogP contribution >= 0.6 is 11.6 Å². The van der Waals surface area contributed by atoms with Crippen molar-refractivity contribution in [3.8, 4) is 17.2 Å². The highest BCUT2D eigenvalue weighted by atomic mass is 35.5. The third-order valence-corrected chi connectivity index (χ3v) is 7.28. The first kappa shape index (κ1) is 25.5. The average Bonchev–Trinajstić information content (AvgIpc) is 3.36. The molecule has 1 aliphatic rings. The number of allylic oxidation sites excluding steroid dienone is 2. The summed E-state index contributed by atoms with van der Waals surface area (Å²) < 4.78 is 40.8. The maximum absolute atomic E-state index is 11.9. The second-order valence-electron chi connectivity index (χ2n) is 8.75. The lowest BCUT2D eigenvalue weighted by atomic mass is 10.1. The van der Waals surface area contributed by atoms with Gasteiger partial charge in [0.15, 0.2) is 0 Å². The third-order valence-electron chi connectivity index (χ3n) is 6.39. The van der Waals surface area contributed by atoms with Crippen molar-refractivity contribution in [1.82, 2.24) is 0 Å². The Morgan fingerprint density at radius 1 is 1.11 bits per heavy atom. The van der Waals surface area contributed by atoms with E-state index < -0.39 is 16.0 Å². The fraction of sp³-hybridized carbons (Fsp3) is 0.143. The van der Waals surface area contributed by atoms with E-state index in [0.29, 0.717) is 28.2 Å². The number of halogens is 1. The number of oxazole rings is 1. The van der Waals surface area contributed by atoms with Gasteiger partial charge in [0, 0.05) is 19.7 Å². The van der Waals surface area contributed by atoms with Gasteiger partial charge < -0.3 is 14.2 Å². The molecule has 1 aromatic heterocycles. The minimum atomic E-state index is -4.35. The quantitative estimate of drug-likeness (QED) is 0.248. The van der Waals surface area contributed by atoms with Crippen LogP contribution in [-0.4, -0.2) is 26.6 Å². The van der Waals surface area contributed by atoms with Crippen LogP contribution < -0.4 is 14.4 Å². The van der Waals surface area contributed by atoms with Crippen molar-refractivity contribution in [2.75, 3.05) is 23.4 Å². The summed E-state index contributed by atoms with van der Waals surface area (Å²) in [4.78, 5) is 4.01. The highest BCUT2D eigenvalue weighted by Crippen LogP contribution is 2.43. The molecule has 4 aromatic rings. The fourth-order valence-corrected chi connectivity index (χ4v) is 5.42. The summed E-state index contributed by atoms with van der Waals surface area (Å²) in [6, 6.07) is 20.9. The summed E-state index contributed by atoms with van der Waals surface area (Å²) in [5.41, 5.74) is 5.02. The summed E-state index contributed by atoms with van der Waals surface area (Å²) in [5.74, 6) is 0.445. The highest BCUT2D eigenvalue weighted by molar-refractivity contribution is 7.84. The van der Waals surface area contributed by atoms with E-state index in [-0.39, 0.29) is 5.89 Å². The van der Waals surface area contributed by atoms with Gasteiger partial charge in [0.2, 0.25) is 5.58 Å². The van der Waals surface area contributed by atoms with Crippen molar-refractivity contribution < 1.29 is 22.0 Å². The molecule has 0 bridgehead atoms. The van der Waals surface area contributed by atoms with E-state index in [2.05, 4.69) is 11.0 Å². The first-order valence-electron chi connectivity index (χ1n) is 11.8. The number of nitriles is 1. The molecule has 192 valence electrons. The van der Waals surface area contributed by atoms with Crippen molar-refractivity contribution in [2.45, 2.75) is 12.8 Å². The minimum absolute atomic E-state index is 0.260. The summed E-state index contributed by atoms with van der Waals surface area (Å²) in [6.07, 6.45) is 5.27. The lowest BCUT2D eigenvalue weighted by molar-refractivity contribution is -0.658. The minimum Gasteiger partial charge on any atom is -0.398 e. The maximum Gasteiger partial charge on any atom is 0.375 e. The van der Waals surface area contributed by atoms with Crippen molar-refractivity contribution in [3.63, 3.8) is 0 Å². The zero-order valence-corrected chi connectivity index (χ0v) is 22.2. The van der Waals surface area contributed by atoms with Gasteiger partial charge in [0.05, 0.1) is 28.0 Å². The molecule has 1 N–H and O–H groups in total. The Kier molecular flexibility index (Phi) is 6.71. The SMILES string of the molecule is CCN1C(=CC=Cc2oc3ccc(-c4ccccc4)cc3[n+]2CS(=O)(=O)O)N(C)c2cc(C#N)c(Cl)cc21. The predicted molar refractivity (Wildman–Crippen MR) is 148 cm³/mol. The van der Waals surface area contributed by atoms with Crippen LogP contribution in [-0.2, 0) is 16.0 Å². The van der Waals surface area contributed by atoms with Crippen LogP contribution in [0.5, 0.6) is 0 Å². The average molecular weight is 548 g/mol. The summed E-state index contributed by atoms with van der Waals surface area (Å²) in [5, 5.41) is 9.76. The first-order chi connectivity index (χ1) is 18.2. The number of anilines is 2. The Hall–Kier alpha value is -4.10. The van der Waals surface area contributed by atoms with Crippen LogP contribution in [0.3, 0.4) is 0 Å². The molecule has 0 saturated heterocycles. The molecule has 0 fully saturated rings. The number of hydrogen-bond acceptors (Lipinski definition) is 6. The van der Waals surface area contributed by atoms with Gasteiger partial charge in [-0.25, -0.2) is 0 Å². The second kappa shape index (κ2) is 9.99. The van der Waals surface area contributed by atoms with Gasteiger partial charge in [-0.15, -0.1) is 4.57 Å². The Morgan fingerprint density at radius 2 is 1.87 bits per heavy atom. The van der Waals surface area contributed by atoms with E-state index in [4.69, 9.17) is 16.0 Å². The predicted octanol–water partition coefficient (Wildman–Crippen LogP) is 5.59. The van der Waals surface area contributed by atoms with Gasteiger partial charge in [-0.3, -0.25) is 4.55 Å². The monoisotopic (exact) mass is 547 g/mol. The topological polar surface area (TPSA) is 102 Å². The molecule has 0 unspecified atom stereocenters. The molecule has 0 amide bonds. The largest absolute Gasteiger partial charge is 0.398 e. The van der Waals surface area contributed by atoms with Gasteiger partial charge in [-0.1, -0.05) is 48.0 Å². The Balaban J connectivity index is 1.55. The molecule has 0 spiro atoms. The van der Waals surface area contributed by atoms with E-state index >= 15 is 0 Å². The van der Waals surface area contributed by atoms with E-state index in [1.807, 2.05) is 67.4 Å². The van der Waals surface area contributed by atoms with Gasteiger partial charge in [-0.2, -0.15) is 13.7 Å². The van der Waals surface area contributed by atoms with Crippen molar-refractivity contribution >= 4 is 50.3 Å². The van der Waals surface area contributed by atoms with Crippen LogP contribution in [0.2, 0.25) is 5.02 Å². The van der Waals surface area contributed by atoms with Crippen molar-refractivity contribution in [3.05, 3.63) is 95.1 Å². The molecule has 38 heavy (non-hydrogen) atoms. The van der Waals surface area contributed by atoms with E-state index in [0.717, 1.165) is 28.3 Å². The summed E-state index contributed by atoms with van der Waals surface area (Å²) >= 11 is 6.28. The van der Waals surface area contributed by atoms with Crippen LogP contribution in [0.15, 0.2) is 83.1 Å².